The molecule has 0 aromatic carbocycles. The van der Waals surface area contributed by atoms with Gasteiger partial charge in [-0.15, -0.1) is 0 Å². The first-order chi connectivity index (χ1) is 7.37. The number of alkyl halides is 3. The minimum absolute atomic E-state index is 0.00519. The molecule has 0 bridgehead atoms. The lowest BCUT2D eigenvalue weighted by molar-refractivity contribution is -0.160. The summed E-state index contributed by atoms with van der Waals surface area (Å²) in [6.45, 7) is 0. The van der Waals surface area contributed by atoms with E-state index in [0.29, 0.717) is 0 Å². The summed E-state index contributed by atoms with van der Waals surface area (Å²) in [7, 11) is -1.79. The molecule has 0 atom stereocenters. The Morgan fingerprint density at radius 2 is 1.88 bits per heavy atom. The van der Waals surface area contributed by atoms with E-state index in [1.54, 1.807) is 0 Å². The van der Waals surface area contributed by atoms with Crippen molar-refractivity contribution in [1.82, 2.24) is 4.98 Å². The van der Waals surface area contributed by atoms with E-state index < -0.39 is 18.7 Å². The number of pyridine rings is 1. The molecule has 1 aromatic heterocycles. The number of hydrogen-bond acceptors (Lipinski definition) is 3. The predicted octanol–water partition coefficient (Wildman–Crippen LogP) is 0.355. The second-order valence-corrected chi connectivity index (χ2v) is 3.96. The molecule has 3 nitrogen and oxygen atoms in total. The molecule has 0 amide bonds. The van der Waals surface area contributed by atoms with Crippen LogP contribution in [0.4, 0.5) is 13.2 Å². The van der Waals surface area contributed by atoms with Crippen molar-refractivity contribution >= 4 is 12.6 Å². The van der Waals surface area contributed by atoms with E-state index in [2.05, 4.69) is 4.98 Å². The normalized spacial score (nSPS) is 18.3. The van der Waals surface area contributed by atoms with E-state index in [0.717, 1.165) is 18.5 Å². The van der Waals surface area contributed by atoms with Gasteiger partial charge in [0.05, 0.1) is 5.41 Å². The third-order valence-electron chi connectivity index (χ3n) is 2.90. The highest BCUT2D eigenvalue weighted by Crippen LogP contribution is 2.58. The van der Waals surface area contributed by atoms with E-state index in [1.165, 1.54) is 0 Å². The molecule has 1 aliphatic carbocycles. The molecule has 0 saturated heterocycles. The van der Waals surface area contributed by atoms with Gasteiger partial charge >= 0.3 is 13.3 Å². The molecule has 86 valence electrons. The molecule has 1 aliphatic rings. The highest BCUT2D eigenvalue weighted by atomic mass is 19.4. The first-order valence-corrected chi connectivity index (χ1v) is 4.75. The Balaban J connectivity index is 2.38. The van der Waals surface area contributed by atoms with Gasteiger partial charge in [0.1, 0.15) is 0 Å². The lowest BCUT2D eigenvalue weighted by atomic mass is 9.79. The van der Waals surface area contributed by atoms with Crippen LogP contribution in [-0.4, -0.2) is 28.3 Å². The van der Waals surface area contributed by atoms with Gasteiger partial charge in [-0.05, 0) is 18.4 Å². The van der Waals surface area contributed by atoms with E-state index in [1.807, 2.05) is 0 Å². The average molecular weight is 231 g/mol. The van der Waals surface area contributed by atoms with Crippen molar-refractivity contribution < 1.29 is 23.2 Å². The van der Waals surface area contributed by atoms with Crippen LogP contribution in [-0.2, 0) is 5.41 Å². The SMILES string of the molecule is OB(O)c1cncc(C2(C(F)(F)F)CC2)c1. The standard InChI is InChI=1S/C9H9BF3NO2/c11-9(12,13)8(1-2-8)6-3-7(10(15)16)5-14-4-6/h3-5,15-16H,1-2H2. The van der Waals surface area contributed by atoms with Gasteiger partial charge in [0.25, 0.3) is 0 Å². The van der Waals surface area contributed by atoms with Crippen molar-refractivity contribution in [3.63, 3.8) is 0 Å². The van der Waals surface area contributed by atoms with Crippen molar-refractivity contribution in [3.05, 3.63) is 24.0 Å². The smallest absolute Gasteiger partial charge is 0.423 e. The minimum Gasteiger partial charge on any atom is -0.423 e. The molecule has 1 heterocycles. The van der Waals surface area contributed by atoms with Crippen molar-refractivity contribution in [3.8, 4) is 0 Å². The monoisotopic (exact) mass is 231 g/mol. The molecule has 1 aromatic rings. The average Bonchev–Trinajstić information content (AvgIpc) is 2.97. The number of halogens is 3. The highest BCUT2D eigenvalue weighted by molar-refractivity contribution is 6.58. The van der Waals surface area contributed by atoms with Gasteiger partial charge in [0, 0.05) is 17.9 Å². The van der Waals surface area contributed by atoms with E-state index in [-0.39, 0.29) is 23.9 Å². The summed E-state index contributed by atoms with van der Waals surface area (Å²) >= 11 is 0. The van der Waals surface area contributed by atoms with Gasteiger partial charge in [-0.3, -0.25) is 4.98 Å². The molecular weight excluding hydrogens is 222 g/mol. The van der Waals surface area contributed by atoms with E-state index in [4.69, 9.17) is 10.0 Å². The summed E-state index contributed by atoms with van der Waals surface area (Å²) in [5.74, 6) is 0. The topological polar surface area (TPSA) is 53.4 Å². The van der Waals surface area contributed by atoms with Crippen molar-refractivity contribution in [1.29, 1.82) is 0 Å². The zero-order valence-electron chi connectivity index (χ0n) is 8.20. The maximum absolute atomic E-state index is 12.8. The molecule has 0 unspecified atom stereocenters. The van der Waals surface area contributed by atoms with Crippen molar-refractivity contribution in [2.75, 3.05) is 0 Å². The zero-order chi connectivity index (χ0) is 12.0. The quantitative estimate of drug-likeness (QED) is 0.722. The van der Waals surface area contributed by atoms with Gasteiger partial charge in [-0.1, -0.05) is 6.07 Å². The first kappa shape index (κ1) is 11.4. The van der Waals surface area contributed by atoms with E-state index in [9.17, 15) is 13.2 Å². The number of aromatic nitrogens is 1. The molecule has 0 aliphatic heterocycles. The number of nitrogens with zero attached hydrogens (tertiary/aromatic N) is 1. The largest absolute Gasteiger partial charge is 0.490 e. The second-order valence-electron chi connectivity index (χ2n) is 3.96. The number of hydrogen-bond donors (Lipinski definition) is 2. The van der Waals surface area contributed by atoms with Crippen molar-refractivity contribution in [2.24, 2.45) is 0 Å². The Kier molecular flexibility index (Phi) is 2.47. The molecule has 16 heavy (non-hydrogen) atoms. The summed E-state index contributed by atoms with van der Waals surface area (Å²) in [6, 6.07) is 1.15. The van der Waals surface area contributed by atoms with Gasteiger partial charge in [0.15, 0.2) is 0 Å². The summed E-state index contributed by atoms with van der Waals surface area (Å²) in [6.07, 6.45) is -1.98. The van der Waals surface area contributed by atoms with Crippen LogP contribution in [0.2, 0.25) is 0 Å². The fourth-order valence-electron chi connectivity index (χ4n) is 1.72. The maximum Gasteiger partial charge on any atom is 0.490 e. The minimum atomic E-state index is -4.31. The summed E-state index contributed by atoms with van der Waals surface area (Å²) in [4.78, 5) is 3.61. The van der Waals surface area contributed by atoms with Crippen LogP contribution in [0.5, 0.6) is 0 Å². The van der Waals surface area contributed by atoms with Gasteiger partial charge in [0.2, 0.25) is 0 Å². The Morgan fingerprint density at radius 1 is 1.25 bits per heavy atom. The summed E-state index contributed by atoms with van der Waals surface area (Å²) in [5.41, 5.74) is -1.84. The maximum atomic E-state index is 12.8. The third-order valence-corrected chi connectivity index (χ3v) is 2.90. The fraction of sp³-hybridized carbons (Fsp3) is 0.444. The zero-order valence-corrected chi connectivity index (χ0v) is 8.20. The Bertz CT molecular complexity index is 404. The molecule has 7 heteroatoms. The predicted molar refractivity (Wildman–Crippen MR) is 51.0 cm³/mol. The second kappa shape index (κ2) is 3.46. The van der Waals surface area contributed by atoms with Gasteiger partial charge in [-0.2, -0.15) is 13.2 Å². The van der Waals surface area contributed by atoms with E-state index >= 15 is 0 Å². The van der Waals surface area contributed by atoms with Crippen LogP contribution < -0.4 is 5.46 Å². The Hall–Kier alpha value is -1.08. The molecule has 2 N–H and O–H groups in total. The molecule has 0 spiro atoms. The molecule has 2 rings (SSSR count). The van der Waals surface area contributed by atoms with Crippen LogP contribution in [0.3, 0.4) is 0 Å². The molecule has 1 saturated carbocycles. The van der Waals surface area contributed by atoms with Gasteiger partial charge in [-0.25, -0.2) is 0 Å². The van der Waals surface area contributed by atoms with Crippen LogP contribution in [0.25, 0.3) is 0 Å². The van der Waals surface area contributed by atoms with Crippen LogP contribution in [0.1, 0.15) is 18.4 Å². The fourth-order valence-corrected chi connectivity index (χ4v) is 1.72. The van der Waals surface area contributed by atoms with Crippen LogP contribution in [0.15, 0.2) is 18.5 Å². The van der Waals surface area contributed by atoms with Crippen molar-refractivity contribution in [2.45, 2.75) is 24.4 Å². The third kappa shape index (κ3) is 1.70. The first-order valence-electron chi connectivity index (χ1n) is 4.75. The summed E-state index contributed by atoms with van der Waals surface area (Å²) in [5, 5.41) is 17.7. The summed E-state index contributed by atoms with van der Waals surface area (Å²) < 4.78 is 38.3. The lowest BCUT2D eigenvalue weighted by Crippen LogP contribution is -2.34. The Morgan fingerprint density at radius 3 is 2.31 bits per heavy atom. The molecule has 0 radical (unpaired) electrons. The van der Waals surface area contributed by atoms with Gasteiger partial charge < -0.3 is 10.0 Å². The van der Waals surface area contributed by atoms with Crippen LogP contribution in [0, 0.1) is 0 Å². The Labute approximate surface area is 90.1 Å². The van der Waals surface area contributed by atoms with Crippen LogP contribution >= 0.6 is 0 Å². The highest BCUT2D eigenvalue weighted by Gasteiger charge is 2.64. The lowest BCUT2D eigenvalue weighted by Gasteiger charge is -2.19. The number of rotatable bonds is 2. The molecule has 1 fully saturated rings. The molecular formula is C9H9BF3NO2.